The van der Waals surface area contributed by atoms with Crippen molar-refractivity contribution in [2.24, 2.45) is 0 Å². The van der Waals surface area contributed by atoms with Gasteiger partial charge in [-0.15, -0.1) is 0 Å². The lowest BCUT2D eigenvalue weighted by Gasteiger charge is -2.47. The molecule has 4 heteroatoms. The highest BCUT2D eigenvalue weighted by atomic mass is 16.3. The number of pyridine rings is 1. The Bertz CT molecular complexity index is 405. The van der Waals surface area contributed by atoms with E-state index in [2.05, 4.69) is 11.1 Å². The van der Waals surface area contributed by atoms with Gasteiger partial charge in [-0.2, -0.15) is 5.26 Å². The number of hydrogen-bond donors (Lipinski definition) is 1. The molecule has 1 saturated heterocycles. The van der Waals surface area contributed by atoms with Gasteiger partial charge in [0, 0.05) is 19.3 Å². The Morgan fingerprint density at radius 3 is 3.00 bits per heavy atom. The van der Waals surface area contributed by atoms with Crippen LogP contribution in [0.2, 0.25) is 0 Å². The molecule has 1 aromatic heterocycles. The molecule has 0 spiro atoms. The van der Waals surface area contributed by atoms with Crippen LogP contribution >= 0.6 is 0 Å². The fraction of sp³-hybridized carbons (Fsp3) is 0.455. The lowest BCUT2D eigenvalue weighted by molar-refractivity contribution is 0.00847. The average Bonchev–Trinajstić information content (AvgIpc) is 2.25. The highest BCUT2D eigenvalue weighted by Crippen LogP contribution is 2.31. The lowest BCUT2D eigenvalue weighted by atomic mass is 9.90. The van der Waals surface area contributed by atoms with Crippen LogP contribution in [-0.2, 0) is 0 Å². The number of hydrogen-bond acceptors (Lipinski definition) is 4. The van der Waals surface area contributed by atoms with Gasteiger partial charge in [-0.05, 0) is 12.5 Å². The zero-order valence-electron chi connectivity index (χ0n) is 8.64. The first kappa shape index (κ1) is 9.94. The van der Waals surface area contributed by atoms with E-state index < -0.39 is 5.60 Å². The third kappa shape index (κ3) is 1.66. The van der Waals surface area contributed by atoms with Crippen LogP contribution in [0.3, 0.4) is 0 Å². The van der Waals surface area contributed by atoms with Crippen molar-refractivity contribution in [2.45, 2.75) is 18.9 Å². The van der Waals surface area contributed by atoms with Crippen molar-refractivity contribution >= 4 is 5.69 Å². The molecule has 0 aromatic carbocycles. The summed E-state index contributed by atoms with van der Waals surface area (Å²) in [6.45, 7) is 3.14. The number of anilines is 1. The van der Waals surface area contributed by atoms with Crippen molar-refractivity contribution in [1.29, 1.82) is 5.26 Å². The van der Waals surface area contributed by atoms with Gasteiger partial charge in [0.2, 0.25) is 0 Å². The van der Waals surface area contributed by atoms with E-state index in [0.717, 1.165) is 12.1 Å². The van der Waals surface area contributed by atoms with Crippen LogP contribution in [0.15, 0.2) is 18.5 Å². The van der Waals surface area contributed by atoms with Gasteiger partial charge in [0.15, 0.2) is 0 Å². The molecule has 0 aliphatic carbocycles. The van der Waals surface area contributed by atoms with E-state index in [4.69, 9.17) is 5.26 Å². The molecule has 1 N–H and O–H groups in total. The van der Waals surface area contributed by atoms with Gasteiger partial charge in [-0.3, -0.25) is 4.98 Å². The summed E-state index contributed by atoms with van der Waals surface area (Å²) in [5.41, 5.74) is 0.851. The number of nitriles is 1. The first-order valence-electron chi connectivity index (χ1n) is 5.00. The Kier molecular flexibility index (Phi) is 2.33. The molecular formula is C11H13N3O. The minimum atomic E-state index is -0.581. The average molecular weight is 203 g/mol. The largest absolute Gasteiger partial charge is 0.386 e. The fourth-order valence-electron chi connectivity index (χ4n) is 1.79. The van der Waals surface area contributed by atoms with E-state index in [-0.39, 0.29) is 0 Å². The maximum Gasteiger partial charge on any atom is 0.101 e. The van der Waals surface area contributed by atoms with Crippen LogP contribution < -0.4 is 4.90 Å². The molecule has 2 rings (SSSR count). The van der Waals surface area contributed by atoms with E-state index >= 15 is 0 Å². The topological polar surface area (TPSA) is 60.1 Å². The molecule has 15 heavy (non-hydrogen) atoms. The van der Waals surface area contributed by atoms with Gasteiger partial charge in [0.05, 0.1) is 23.0 Å². The number of rotatable bonds is 2. The van der Waals surface area contributed by atoms with Crippen molar-refractivity contribution in [1.82, 2.24) is 4.98 Å². The number of aliphatic hydroxyl groups is 1. The standard InChI is InChI=1S/C11H13N3O/c1-2-11(15)7-14(8-11)10-6-13-4-3-9(10)5-12/h3-4,6,15H,2,7-8H2,1H3. The van der Waals surface area contributed by atoms with Crippen LogP contribution in [0.1, 0.15) is 18.9 Å². The Morgan fingerprint density at radius 2 is 2.40 bits per heavy atom. The summed E-state index contributed by atoms with van der Waals surface area (Å²) in [7, 11) is 0. The van der Waals surface area contributed by atoms with Gasteiger partial charge >= 0.3 is 0 Å². The summed E-state index contributed by atoms with van der Waals surface area (Å²) in [4.78, 5) is 5.98. The zero-order valence-corrected chi connectivity index (χ0v) is 8.64. The van der Waals surface area contributed by atoms with E-state index in [0.29, 0.717) is 18.7 Å². The van der Waals surface area contributed by atoms with Gasteiger partial charge in [-0.1, -0.05) is 6.92 Å². The maximum absolute atomic E-state index is 9.87. The molecule has 1 aliphatic rings. The predicted molar refractivity (Wildman–Crippen MR) is 56.4 cm³/mol. The highest BCUT2D eigenvalue weighted by molar-refractivity contribution is 5.59. The molecule has 78 valence electrons. The molecule has 0 saturated carbocycles. The van der Waals surface area contributed by atoms with Crippen molar-refractivity contribution in [2.75, 3.05) is 18.0 Å². The third-order valence-electron chi connectivity index (χ3n) is 2.89. The van der Waals surface area contributed by atoms with E-state index in [1.165, 1.54) is 0 Å². The predicted octanol–water partition coefficient (Wildman–Crippen LogP) is 0.914. The van der Waals surface area contributed by atoms with Gasteiger partial charge in [0.1, 0.15) is 6.07 Å². The van der Waals surface area contributed by atoms with Gasteiger partial charge in [0.25, 0.3) is 0 Å². The highest BCUT2D eigenvalue weighted by Gasteiger charge is 2.40. The van der Waals surface area contributed by atoms with Crippen LogP contribution in [0.4, 0.5) is 5.69 Å². The van der Waals surface area contributed by atoms with E-state index in [9.17, 15) is 5.11 Å². The summed E-state index contributed by atoms with van der Waals surface area (Å²) in [5, 5.41) is 18.8. The maximum atomic E-state index is 9.87. The molecular weight excluding hydrogens is 190 g/mol. The molecule has 2 heterocycles. The molecule has 1 fully saturated rings. The van der Waals surface area contributed by atoms with Crippen molar-refractivity contribution < 1.29 is 5.11 Å². The third-order valence-corrected chi connectivity index (χ3v) is 2.89. The van der Waals surface area contributed by atoms with Crippen molar-refractivity contribution in [3.05, 3.63) is 24.0 Å². The molecule has 0 radical (unpaired) electrons. The SMILES string of the molecule is CCC1(O)CN(c2cnccc2C#N)C1. The molecule has 1 aliphatic heterocycles. The Morgan fingerprint density at radius 1 is 1.67 bits per heavy atom. The molecule has 0 atom stereocenters. The summed E-state index contributed by atoms with van der Waals surface area (Å²) >= 11 is 0. The Labute approximate surface area is 88.8 Å². The Balaban J connectivity index is 2.17. The van der Waals surface area contributed by atoms with Crippen LogP contribution in [-0.4, -0.2) is 28.8 Å². The molecule has 0 unspecified atom stereocenters. The first-order valence-corrected chi connectivity index (χ1v) is 5.00. The second-order valence-corrected chi connectivity index (χ2v) is 3.94. The van der Waals surface area contributed by atoms with Crippen molar-refractivity contribution in [3.63, 3.8) is 0 Å². The molecule has 0 bridgehead atoms. The quantitative estimate of drug-likeness (QED) is 0.776. The van der Waals surface area contributed by atoms with Gasteiger partial charge in [-0.25, -0.2) is 0 Å². The minimum absolute atomic E-state index is 0.581. The monoisotopic (exact) mass is 203 g/mol. The van der Waals surface area contributed by atoms with Crippen molar-refractivity contribution in [3.8, 4) is 6.07 Å². The second-order valence-electron chi connectivity index (χ2n) is 3.94. The summed E-state index contributed by atoms with van der Waals surface area (Å²) < 4.78 is 0. The number of aromatic nitrogens is 1. The van der Waals surface area contributed by atoms with Crippen LogP contribution in [0, 0.1) is 11.3 Å². The molecule has 0 amide bonds. The smallest absolute Gasteiger partial charge is 0.101 e. The first-order chi connectivity index (χ1) is 7.18. The van der Waals surface area contributed by atoms with E-state index in [1.54, 1.807) is 18.5 Å². The molecule has 4 nitrogen and oxygen atoms in total. The van der Waals surface area contributed by atoms with E-state index in [1.807, 2.05) is 11.8 Å². The lowest BCUT2D eigenvalue weighted by Crippen LogP contribution is -2.61. The summed E-state index contributed by atoms with van der Waals surface area (Å²) in [5.74, 6) is 0. The zero-order chi connectivity index (χ0) is 10.9. The summed E-state index contributed by atoms with van der Waals surface area (Å²) in [6, 6.07) is 3.82. The Hall–Kier alpha value is -1.60. The normalized spacial score (nSPS) is 18.1. The number of nitrogens with zero attached hydrogens (tertiary/aromatic N) is 3. The second kappa shape index (κ2) is 3.52. The number of β-amino-alcohol motifs (C(OH)–C–C–N with tert-alkyl or cyclic N) is 1. The molecule has 1 aromatic rings. The summed E-state index contributed by atoms with van der Waals surface area (Å²) in [6.07, 6.45) is 4.02. The minimum Gasteiger partial charge on any atom is -0.386 e. The van der Waals surface area contributed by atoms with Crippen LogP contribution in [0.25, 0.3) is 0 Å². The fourth-order valence-corrected chi connectivity index (χ4v) is 1.79. The van der Waals surface area contributed by atoms with Gasteiger partial charge < -0.3 is 10.0 Å². The van der Waals surface area contributed by atoms with Crippen LogP contribution in [0.5, 0.6) is 0 Å².